The first-order chi connectivity index (χ1) is 12.5. The molecule has 0 fully saturated rings. The lowest BCUT2D eigenvalue weighted by Crippen LogP contribution is -2.30. The molecule has 1 aromatic heterocycles. The molecule has 0 bridgehead atoms. The number of alkyl halides is 3. The lowest BCUT2D eigenvalue weighted by Gasteiger charge is -2.25. The summed E-state index contributed by atoms with van der Waals surface area (Å²) in [6, 6.07) is 11.1. The van der Waals surface area contributed by atoms with Crippen LogP contribution in [-0.4, -0.2) is 18.1 Å². The number of hydrogen-bond donors (Lipinski definition) is 2. The van der Waals surface area contributed by atoms with Crippen LogP contribution in [0.1, 0.15) is 35.3 Å². The Balaban J connectivity index is 1.79. The second kappa shape index (κ2) is 6.36. The van der Waals surface area contributed by atoms with Crippen LogP contribution in [0.2, 0.25) is 0 Å². The van der Waals surface area contributed by atoms with Gasteiger partial charge in [-0.1, -0.05) is 12.1 Å². The monoisotopic (exact) mass is 360 g/mol. The van der Waals surface area contributed by atoms with Crippen LogP contribution < -0.4 is 10.1 Å². The van der Waals surface area contributed by atoms with E-state index >= 15 is 0 Å². The molecule has 0 aliphatic carbocycles. The molecule has 0 spiro atoms. The Morgan fingerprint density at radius 3 is 2.77 bits per heavy atom. The number of benzene rings is 2. The van der Waals surface area contributed by atoms with Gasteiger partial charge in [0.05, 0.1) is 18.2 Å². The van der Waals surface area contributed by atoms with E-state index in [2.05, 4.69) is 10.3 Å². The second-order valence-electron chi connectivity index (χ2n) is 6.42. The molecule has 3 nitrogen and oxygen atoms in total. The van der Waals surface area contributed by atoms with Crippen LogP contribution >= 0.6 is 0 Å². The lowest BCUT2D eigenvalue weighted by atomic mass is 9.93. The largest absolute Gasteiger partial charge is 0.494 e. The average Bonchev–Trinajstić information content (AvgIpc) is 2.99. The topological polar surface area (TPSA) is 37.0 Å². The Kier molecular flexibility index (Phi) is 4.15. The van der Waals surface area contributed by atoms with E-state index in [-0.39, 0.29) is 6.04 Å². The fourth-order valence-corrected chi connectivity index (χ4v) is 3.64. The van der Waals surface area contributed by atoms with Crippen molar-refractivity contribution in [1.82, 2.24) is 10.3 Å². The summed E-state index contributed by atoms with van der Waals surface area (Å²) in [4.78, 5) is 3.39. The fourth-order valence-electron chi connectivity index (χ4n) is 3.64. The normalized spacial score (nSPS) is 17.3. The van der Waals surface area contributed by atoms with Crippen molar-refractivity contribution >= 4 is 10.9 Å². The molecular weight excluding hydrogens is 341 g/mol. The highest BCUT2D eigenvalue weighted by Crippen LogP contribution is 2.37. The number of nitrogens with one attached hydrogen (secondary N) is 2. The number of fused-ring (bicyclic) bond motifs is 3. The summed E-state index contributed by atoms with van der Waals surface area (Å²) in [6.07, 6.45) is -3.53. The van der Waals surface area contributed by atoms with Crippen LogP contribution in [0.3, 0.4) is 0 Å². The van der Waals surface area contributed by atoms with Gasteiger partial charge in [0.15, 0.2) is 0 Å². The highest BCUT2D eigenvalue weighted by molar-refractivity contribution is 5.86. The molecule has 26 heavy (non-hydrogen) atoms. The molecule has 0 amide bonds. The minimum atomic E-state index is -4.35. The van der Waals surface area contributed by atoms with E-state index in [4.69, 9.17) is 4.74 Å². The highest BCUT2D eigenvalue weighted by atomic mass is 19.4. The van der Waals surface area contributed by atoms with E-state index in [1.54, 1.807) is 6.07 Å². The first kappa shape index (κ1) is 17.0. The zero-order valence-electron chi connectivity index (χ0n) is 14.3. The van der Waals surface area contributed by atoms with Crippen molar-refractivity contribution in [3.8, 4) is 5.75 Å². The molecule has 2 heterocycles. The first-order valence-electron chi connectivity index (χ1n) is 8.65. The average molecular weight is 360 g/mol. The predicted octanol–water partition coefficient (Wildman–Crippen LogP) is 4.82. The van der Waals surface area contributed by atoms with Crippen LogP contribution in [-0.2, 0) is 12.6 Å². The summed E-state index contributed by atoms with van der Waals surface area (Å²) in [6.45, 7) is 3.23. The third-order valence-electron chi connectivity index (χ3n) is 4.78. The number of aromatic nitrogens is 1. The van der Waals surface area contributed by atoms with Gasteiger partial charge in [-0.2, -0.15) is 13.2 Å². The molecule has 0 radical (unpaired) electrons. The van der Waals surface area contributed by atoms with E-state index < -0.39 is 11.7 Å². The van der Waals surface area contributed by atoms with Crippen molar-refractivity contribution in [3.05, 3.63) is 64.8 Å². The van der Waals surface area contributed by atoms with Crippen molar-refractivity contribution in [2.45, 2.75) is 25.6 Å². The number of ether oxygens (including phenoxy) is 1. The van der Waals surface area contributed by atoms with Crippen LogP contribution in [0.5, 0.6) is 5.75 Å². The molecule has 4 rings (SSSR count). The highest BCUT2D eigenvalue weighted by Gasteiger charge is 2.32. The summed E-state index contributed by atoms with van der Waals surface area (Å²) in [5, 5.41) is 4.41. The van der Waals surface area contributed by atoms with Crippen molar-refractivity contribution in [2.24, 2.45) is 0 Å². The van der Waals surface area contributed by atoms with Crippen molar-refractivity contribution in [1.29, 1.82) is 0 Å². The molecule has 2 aromatic carbocycles. The molecule has 0 saturated carbocycles. The van der Waals surface area contributed by atoms with Crippen molar-refractivity contribution < 1.29 is 17.9 Å². The molecule has 1 aliphatic rings. The summed E-state index contributed by atoms with van der Waals surface area (Å²) < 4.78 is 44.8. The van der Waals surface area contributed by atoms with Gasteiger partial charge in [0.25, 0.3) is 0 Å². The van der Waals surface area contributed by atoms with Gasteiger partial charge in [0, 0.05) is 23.1 Å². The van der Waals surface area contributed by atoms with Gasteiger partial charge < -0.3 is 15.0 Å². The Morgan fingerprint density at radius 1 is 1.15 bits per heavy atom. The number of H-pyrrole nitrogens is 1. The third kappa shape index (κ3) is 2.94. The molecule has 3 aromatic rings. The molecule has 2 N–H and O–H groups in total. The summed E-state index contributed by atoms with van der Waals surface area (Å²) in [5.41, 5.74) is 3.03. The molecular formula is C20H19F3N2O. The zero-order chi connectivity index (χ0) is 18.3. The predicted molar refractivity (Wildman–Crippen MR) is 94.5 cm³/mol. The Hall–Kier alpha value is -2.47. The van der Waals surface area contributed by atoms with E-state index in [9.17, 15) is 13.2 Å². The quantitative estimate of drug-likeness (QED) is 0.703. The third-order valence-corrected chi connectivity index (χ3v) is 4.78. The number of rotatable bonds is 3. The Labute approximate surface area is 149 Å². The molecule has 6 heteroatoms. The van der Waals surface area contributed by atoms with Gasteiger partial charge in [-0.3, -0.25) is 0 Å². The summed E-state index contributed by atoms with van der Waals surface area (Å²) >= 11 is 0. The Bertz CT molecular complexity index is 946. The van der Waals surface area contributed by atoms with Crippen LogP contribution in [0.25, 0.3) is 10.9 Å². The molecule has 1 aliphatic heterocycles. The summed E-state index contributed by atoms with van der Waals surface area (Å²) in [7, 11) is 0. The van der Waals surface area contributed by atoms with Gasteiger partial charge in [0.1, 0.15) is 5.75 Å². The Morgan fingerprint density at radius 2 is 2.00 bits per heavy atom. The number of aromatic amines is 1. The maximum Gasteiger partial charge on any atom is 0.416 e. The van der Waals surface area contributed by atoms with Gasteiger partial charge in [-0.15, -0.1) is 0 Å². The van der Waals surface area contributed by atoms with E-state index in [0.717, 1.165) is 40.4 Å². The smallest absolute Gasteiger partial charge is 0.416 e. The van der Waals surface area contributed by atoms with Gasteiger partial charge in [-0.25, -0.2) is 0 Å². The number of hydrogen-bond acceptors (Lipinski definition) is 2. The van der Waals surface area contributed by atoms with E-state index in [1.165, 1.54) is 12.1 Å². The van der Waals surface area contributed by atoms with Crippen molar-refractivity contribution in [3.63, 3.8) is 0 Å². The van der Waals surface area contributed by atoms with E-state index in [0.29, 0.717) is 18.7 Å². The fraction of sp³-hybridized carbons (Fsp3) is 0.300. The number of halogens is 3. The maximum absolute atomic E-state index is 13.1. The van der Waals surface area contributed by atoms with Gasteiger partial charge in [-0.05, 0) is 54.8 Å². The standard InChI is InChI=1S/C20H19F3N2O/c1-2-26-14-6-7-17-16(11-14)15-8-9-24-18(19(15)25-17)12-4-3-5-13(10-12)20(21,22)23/h3-7,10-11,18,24-25H,2,8-9H2,1H3. The van der Waals surface area contributed by atoms with Crippen LogP contribution in [0, 0.1) is 0 Å². The molecule has 1 atom stereocenters. The zero-order valence-corrected chi connectivity index (χ0v) is 14.3. The molecule has 0 saturated heterocycles. The van der Waals surface area contributed by atoms with Crippen LogP contribution in [0.4, 0.5) is 13.2 Å². The summed E-state index contributed by atoms with van der Waals surface area (Å²) in [5.74, 6) is 0.802. The van der Waals surface area contributed by atoms with Crippen LogP contribution in [0.15, 0.2) is 42.5 Å². The van der Waals surface area contributed by atoms with Gasteiger partial charge in [0.2, 0.25) is 0 Å². The SMILES string of the molecule is CCOc1ccc2[nH]c3c(c2c1)CCNC3c1cccc(C(F)(F)F)c1. The van der Waals surface area contributed by atoms with E-state index in [1.807, 2.05) is 25.1 Å². The molecule has 1 unspecified atom stereocenters. The van der Waals surface area contributed by atoms with Crippen molar-refractivity contribution in [2.75, 3.05) is 13.2 Å². The van der Waals surface area contributed by atoms with Gasteiger partial charge >= 0.3 is 6.18 Å². The second-order valence-corrected chi connectivity index (χ2v) is 6.42. The molecule has 136 valence electrons. The first-order valence-corrected chi connectivity index (χ1v) is 8.65. The maximum atomic E-state index is 13.1. The minimum Gasteiger partial charge on any atom is -0.494 e. The minimum absolute atomic E-state index is 0.288. The lowest BCUT2D eigenvalue weighted by molar-refractivity contribution is -0.137.